The lowest BCUT2D eigenvalue weighted by Gasteiger charge is -2.33. The van der Waals surface area contributed by atoms with Crippen molar-refractivity contribution in [3.63, 3.8) is 0 Å². The highest BCUT2D eigenvalue weighted by molar-refractivity contribution is 7.89. The molecule has 1 N–H and O–H groups in total. The quantitative estimate of drug-likeness (QED) is 0.854. The number of hydrogen-bond acceptors (Lipinski definition) is 5. The Hall–Kier alpha value is -2.38. The summed E-state index contributed by atoms with van der Waals surface area (Å²) >= 11 is 0. The summed E-state index contributed by atoms with van der Waals surface area (Å²) in [4.78, 5) is 13.6. The minimum absolute atomic E-state index is 0.0161. The fraction of sp³-hybridized carbons (Fsp3) is 0.278. The minimum Gasteiger partial charge on any atom is -0.457 e. The molecule has 1 atom stereocenters. The van der Waals surface area contributed by atoms with Gasteiger partial charge in [-0.1, -0.05) is 0 Å². The van der Waals surface area contributed by atoms with Crippen molar-refractivity contribution in [2.45, 2.75) is 30.8 Å². The summed E-state index contributed by atoms with van der Waals surface area (Å²) in [5, 5.41) is 0. The van der Waals surface area contributed by atoms with Crippen LogP contribution in [-0.2, 0) is 10.0 Å². The van der Waals surface area contributed by atoms with Crippen molar-refractivity contribution in [2.75, 3.05) is 11.4 Å². The molecular weight excluding hydrogens is 340 g/mol. The smallest absolute Gasteiger partial charge is 0.244 e. The van der Waals surface area contributed by atoms with Crippen LogP contribution in [0.15, 0.2) is 47.4 Å². The molecule has 0 amide bonds. The Kier molecular flexibility index (Phi) is 3.77. The zero-order valence-corrected chi connectivity index (χ0v) is 14.5. The first-order valence-corrected chi connectivity index (χ1v) is 9.64. The van der Waals surface area contributed by atoms with E-state index in [1.54, 1.807) is 42.5 Å². The van der Waals surface area contributed by atoms with Gasteiger partial charge in [0.15, 0.2) is 5.78 Å². The van der Waals surface area contributed by atoms with Gasteiger partial charge < -0.3 is 9.64 Å². The largest absolute Gasteiger partial charge is 0.457 e. The second kappa shape index (κ2) is 5.86. The number of ether oxygens (including phenoxy) is 1. The molecule has 1 fully saturated rings. The number of benzene rings is 2. The molecular formula is C18H18N2O4S. The maximum absolute atomic E-state index is 12.5. The van der Waals surface area contributed by atoms with Crippen LogP contribution < -0.4 is 14.4 Å². The fourth-order valence-corrected chi connectivity index (χ4v) is 4.79. The number of hydrogen-bond donors (Lipinski definition) is 1. The Bertz CT molecular complexity index is 938. The number of fused-ring (bicyclic) bond motifs is 3. The number of carbonyl (C=O) groups excluding carboxylic acids is 1. The van der Waals surface area contributed by atoms with E-state index in [0.717, 1.165) is 25.1 Å². The number of sulfonamides is 1. The number of Topliss-reactive ketones (excluding diaryl/α,β-unsaturated/α-hetero) is 1. The second-order valence-corrected chi connectivity index (χ2v) is 7.97. The average molecular weight is 358 g/mol. The molecule has 2 aliphatic heterocycles. The normalized spacial score (nSPS) is 20.7. The maximum Gasteiger partial charge on any atom is 0.244 e. The molecule has 0 spiro atoms. The summed E-state index contributed by atoms with van der Waals surface area (Å²) in [7, 11) is -3.55. The topological polar surface area (TPSA) is 75.7 Å². The van der Waals surface area contributed by atoms with Crippen molar-refractivity contribution in [3.8, 4) is 11.5 Å². The van der Waals surface area contributed by atoms with Crippen molar-refractivity contribution >= 4 is 21.5 Å². The van der Waals surface area contributed by atoms with Gasteiger partial charge in [-0.3, -0.25) is 4.79 Å². The van der Waals surface area contributed by atoms with E-state index in [-0.39, 0.29) is 16.8 Å². The van der Waals surface area contributed by atoms with Crippen molar-refractivity contribution in [2.24, 2.45) is 0 Å². The third-order valence-corrected chi connectivity index (χ3v) is 6.06. The zero-order valence-electron chi connectivity index (χ0n) is 13.7. The lowest BCUT2D eigenvalue weighted by atomic mass is 10.1. The molecule has 25 heavy (non-hydrogen) atoms. The fourth-order valence-electron chi connectivity index (χ4n) is 3.32. The molecule has 6 nitrogen and oxygen atoms in total. The Morgan fingerprint density at radius 1 is 1.16 bits per heavy atom. The first kappa shape index (κ1) is 16.1. The summed E-state index contributed by atoms with van der Waals surface area (Å²) in [6, 6.07) is 11.9. The van der Waals surface area contributed by atoms with Crippen LogP contribution in [0, 0.1) is 0 Å². The van der Waals surface area contributed by atoms with Crippen molar-refractivity contribution in [1.29, 1.82) is 0 Å². The Labute approximate surface area is 146 Å². The monoisotopic (exact) mass is 358 g/mol. The van der Waals surface area contributed by atoms with Crippen LogP contribution in [0.4, 0.5) is 5.69 Å². The molecule has 0 radical (unpaired) electrons. The van der Waals surface area contributed by atoms with Crippen LogP contribution in [0.2, 0.25) is 0 Å². The van der Waals surface area contributed by atoms with E-state index in [1.807, 2.05) is 0 Å². The van der Waals surface area contributed by atoms with Crippen LogP contribution in [-0.4, -0.2) is 26.9 Å². The molecule has 2 aliphatic rings. The molecule has 4 rings (SSSR count). The Balaban J connectivity index is 1.66. The molecule has 0 bridgehead atoms. The summed E-state index contributed by atoms with van der Waals surface area (Å²) in [5.74, 6) is 0.972. The average Bonchev–Trinajstić information content (AvgIpc) is 3.03. The predicted molar refractivity (Wildman–Crippen MR) is 93.7 cm³/mol. The summed E-state index contributed by atoms with van der Waals surface area (Å²) in [6.45, 7) is 2.34. The van der Waals surface area contributed by atoms with Gasteiger partial charge in [0.2, 0.25) is 10.0 Å². The molecule has 2 aromatic rings. The first-order valence-electron chi connectivity index (χ1n) is 8.16. The highest BCUT2D eigenvalue weighted by atomic mass is 32.2. The van der Waals surface area contributed by atoms with Gasteiger partial charge in [-0.15, -0.1) is 0 Å². The first-order chi connectivity index (χ1) is 11.9. The minimum atomic E-state index is -3.55. The van der Waals surface area contributed by atoms with Gasteiger partial charge in [-0.2, -0.15) is 4.72 Å². The molecule has 1 saturated heterocycles. The number of nitrogens with zero attached hydrogens (tertiary/aromatic N) is 1. The van der Waals surface area contributed by atoms with E-state index >= 15 is 0 Å². The number of ketones is 1. The number of anilines is 1. The molecule has 2 heterocycles. The summed E-state index contributed by atoms with van der Waals surface area (Å²) in [6.07, 6.45) is 1.63. The number of carbonyl (C=O) groups is 1. The molecule has 0 saturated carbocycles. The van der Waals surface area contributed by atoms with Crippen LogP contribution >= 0.6 is 0 Å². The third-order valence-electron chi connectivity index (χ3n) is 4.57. The number of rotatable bonds is 3. The number of nitrogens with one attached hydrogen (secondary N) is 1. The van der Waals surface area contributed by atoms with Gasteiger partial charge >= 0.3 is 0 Å². The molecule has 7 heteroatoms. The van der Waals surface area contributed by atoms with Crippen molar-refractivity contribution in [3.05, 3.63) is 48.0 Å². The van der Waals surface area contributed by atoms with Crippen LogP contribution in [0.1, 0.15) is 30.1 Å². The van der Waals surface area contributed by atoms with Crippen LogP contribution in [0.25, 0.3) is 0 Å². The molecule has 2 aromatic carbocycles. The van der Waals surface area contributed by atoms with E-state index in [9.17, 15) is 13.2 Å². The van der Waals surface area contributed by atoms with Gasteiger partial charge in [0, 0.05) is 18.2 Å². The van der Waals surface area contributed by atoms with Gasteiger partial charge in [0.1, 0.15) is 16.4 Å². The molecule has 130 valence electrons. The lowest BCUT2D eigenvalue weighted by Crippen LogP contribution is -2.48. The summed E-state index contributed by atoms with van der Waals surface area (Å²) in [5.41, 5.74) is 1.32. The van der Waals surface area contributed by atoms with Crippen LogP contribution in [0.5, 0.6) is 11.5 Å². The van der Waals surface area contributed by atoms with E-state index in [0.29, 0.717) is 17.1 Å². The van der Waals surface area contributed by atoms with Gasteiger partial charge in [0.25, 0.3) is 0 Å². The standard InChI is InChI=1S/C18H18N2O4S/c1-12(21)13-4-6-14(7-5-13)24-15-8-9-16-17(11-15)25(22,23)19-18-3-2-10-20(16)18/h4-9,11,18-19H,2-3,10H2,1H3. The van der Waals surface area contributed by atoms with Gasteiger partial charge in [0.05, 0.1) is 11.9 Å². The van der Waals surface area contributed by atoms with Crippen LogP contribution in [0.3, 0.4) is 0 Å². The predicted octanol–water partition coefficient (Wildman–Crippen LogP) is 2.90. The molecule has 0 aromatic heterocycles. The van der Waals surface area contributed by atoms with Gasteiger partial charge in [-0.05, 0) is 56.2 Å². The Morgan fingerprint density at radius 2 is 1.88 bits per heavy atom. The van der Waals surface area contributed by atoms with Crippen molar-refractivity contribution < 1.29 is 17.9 Å². The lowest BCUT2D eigenvalue weighted by molar-refractivity contribution is 0.101. The SMILES string of the molecule is CC(=O)c1ccc(Oc2ccc3c(c2)S(=O)(=O)NC2CCCN32)cc1. The molecule has 0 aliphatic carbocycles. The van der Waals surface area contributed by atoms with Crippen molar-refractivity contribution in [1.82, 2.24) is 4.72 Å². The third kappa shape index (κ3) is 2.89. The second-order valence-electron chi connectivity index (χ2n) is 6.28. The van der Waals surface area contributed by atoms with E-state index in [2.05, 4.69) is 9.62 Å². The zero-order chi connectivity index (χ0) is 17.6. The van der Waals surface area contributed by atoms with E-state index < -0.39 is 10.0 Å². The highest BCUT2D eigenvalue weighted by Crippen LogP contribution is 2.38. The van der Waals surface area contributed by atoms with E-state index in [1.165, 1.54) is 6.92 Å². The molecule has 1 unspecified atom stereocenters. The highest BCUT2D eigenvalue weighted by Gasteiger charge is 2.37. The van der Waals surface area contributed by atoms with Gasteiger partial charge in [-0.25, -0.2) is 8.42 Å². The Morgan fingerprint density at radius 3 is 2.60 bits per heavy atom. The maximum atomic E-state index is 12.5. The van der Waals surface area contributed by atoms with E-state index in [4.69, 9.17) is 4.74 Å². The summed E-state index contributed by atoms with van der Waals surface area (Å²) < 4.78 is 33.5.